The van der Waals surface area contributed by atoms with Gasteiger partial charge in [-0.1, -0.05) is 19.3 Å². The Bertz CT molecular complexity index is 426. The van der Waals surface area contributed by atoms with Crippen molar-refractivity contribution in [1.82, 2.24) is 14.4 Å². The van der Waals surface area contributed by atoms with E-state index in [1.54, 1.807) is 0 Å². The van der Waals surface area contributed by atoms with Crippen molar-refractivity contribution in [1.29, 1.82) is 0 Å². The van der Waals surface area contributed by atoms with Crippen LogP contribution in [0.1, 0.15) is 43.7 Å². The van der Waals surface area contributed by atoms with Gasteiger partial charge in [-0.25, -0.2) is 4.98 Å². The lowest BCUT2D eigenvalue weighted by Crippen LogP contribution is -2.06. The van der Waals surface area contributed by atoms with Crippen LogP contribution in [-0.4, -0.2) is 14.4 Å². The SMILES string of the molecule is Cl.c1cn2c(C3CCCCC3)cnc2[nH]1. The van der Waals surface area contributed by atoms with E-state index in [1.807, 2.05) is 12.4 Å². The molecule has 1 fully saturated rings. The number of hydrogen-bond donors (Lipinski definition) is 1. The van der Waals surface area contributed by atoms with Crippen LogP contribution >= 0.6 is 12.4 Å². The second kappa shape index (κ2) is 4.27. The average molecular weight is 226 g/mol. The summed E-state index contributed by atoms with van der Waals surface area (Å²) in [6, 6.07) is 0. The minimum atomic E-state index is 0. The largest absolute Gasteiger partial charge is 0.330 e. The number of rotatable bonds is 1. The molecule has 2 aromatic heterocycles. The van der Waals surface area contributed by atoms with Crippen molar-refractivity contribution >= 4 is 18.2 Å². The molecule has 1 saturated carbocycles. The van der Waals surface area contributed by atoms with E-state index in [1.165, 1.54) is 37.8 Å². The molecule has 0 amide bonds. The van der Waals surface area contributed by atoms with Crippen LogP contribution in [0.15, 0.2) is 18.6 Å². The number of fused-ring (bicyclic) bond motifs is 1. The van der Waals surface area contributed by atoms with Crippen molar-refractivity contribution in [2.45, 2.75) is 38.0 Å². The summed E-state index contributed by atoms with van der Waals surface area (Å²) in [4.78, 5) is 7.49. The second-order valence-corrected chi connectivity index (χ2v) is 4.17. The molecule has 3 nitrogen and oxygen atoms in total. The van der Waals surface area contributed by atoms with Gasteiger partial charge in [0.2, 0.25) is 5.78 Å². The van der Waals surface area contributed by atoms with Crippen molar-refractivity contribution < 1.29 is 0 Å². The Kier molecular flexibility index (Phi) is 3.00. The van der Waals surface area contributed by atoms with Crippen LogP contribution < -0.4 is 0 Å². The summed E-state index contributed by atoms with van der Waals surface area (Å²) in [6.07, 6.45) is 12.9. The first-order valence-electron chi connectivity index (χ1n) is 5.45. The monoisotopic (exact) mass is 225 g/mol. The maximum Gasteiger partial charge on any atom is 0.211 e. The summed E-state index contributed by atoms with van der Waals surface area (Å²) in [6.45, 7) is 0. The Hall–Kier alpha value is -0.960. The average Bonchev–Trinajstić information content (AvgIpc) is 2.79. The van der Waals surface area contributed by atoms with E-state index in [4.69, 9.17) is 0 Å². The molecule has 82 valence electrons. The van der Waals surface area contributed by atoms with Crippen LogP contribution in [0.5, 0.6) is 0 Å². The standard InChI is InChI=1S/C11H15N3.ClH/c1-2-4-9(5-3-1)10-8-13-11-12-6-7-14(10)11;/h6-9H,1-5H2,(H,12,13);1H. The van der Waals surface area contributed by atoms with Gasteiger partial charge in [-0.3, -0.25) is 4.40 Å². The molecular weight excluding hydrogens is 210 g/mol. The molecule has 2 heterocycles. The van der Waals surface area contributed by atoms with E-state index in [-0.39, 0.29) is 12.4 Å². The molecule has 0 radical (unpaired) electrons. The van der Waals surface area contributed by atoms with Gasteiger partial charge in [-0.05, 0) is 12.8 Å². The number of nitrogens with zero attached hydrogens (tertiary/aromatic N) is 2. The van der Waals surface area contributed by atoms with Crippen molar-refractivity contribution in [2.75, 3.05) is 0 Å². The van der Waals surface area contributed by atoms with Gasteiger partial charge < -0.3 is 4.98 Å². The van der Waals surface area contributed by atoms with Crippen LogP contribution in [0.25, 0.3) is 5.78 Å². The first-order chi connectivity index (χ1) is 6.95. The first-order valence-corrected chi connectivity index (χ1v) is 5.45. The summed E-state index contributed by atoms with van der Waals surface area (Å²) in [7, 11) is 0. The minimum Gasteiger partial charge on any atom is -0.330 e. The normalized spacial score (nSPS) is 17.9. The lowest BCUT2D eigenvalue weighted by molar-refractivity contribution is 0.435. The number of aromatic amines is 1. The van der Waals surface area contributed by atoms with Crippen LogP contribution in [0.4, 0.5) is 0 Å². The molecule has 0 saturated heterocycles. The molecule has 0 unspecified atom stereocenters. The topological polar surface area (TPSA) is 33.1 Å². The van der Waals surface area contributed by atoms with Gasteiger partial charge in [0.15, 0.2) is 0 Å². The van der Waals surface area contributed by atoms with E-state index < -0.39 is 0 Å². The van der Waals surface area contributed by atoms with Crippen molar-refractivity contribution in [3.05, 3.63) is 24.3 Å². The zero-order valence-corrected chi connectivity index (χ0v) is 9.46. The quantitative estimate of drug-likeness (QED) is 0.795. The minimum absolute atomic E-state index is 0. The Labute approximate surface area is 95.3 Å². The lowest BCUT2D eigenvalue weighted by atomic mass is 9.87. The molecule has 3 rings (SSSR count). The van der Waals surface area contributed by atoms with Gasteiger partial charge in [0.1, 0.15) is 0 Å². The third kappa shape index (κ3) is 1.76. The molecule has 0 atom stereocenters. The van der Waals surface area contributed by atoms with E-state index in [9.17, 15) is 0 Å². The van der Waals surface area contributed by atoms with E-state index >= 15 is 0 Å². The fraction of sp³-hybridized carbons (Fsp3) is 0.545. The summed E-state index contributed by atoms with van der Waals surface area (Å²) in [5.41, 5.74) is 1.39. The molecule has 1 aliphatic rings. The molecule has 1 N–H and O–H groups in total. The second-order valence-electron chi connectivity index (χ2n) is 4.17. The fourth-order valence-corrected chi connectivity index (χ4v) is 2.52. The van der Waals surface area contributed by atoms with E-state index in [0.29, 0.717) is 0 Å². The number of aromatic nitrogens is 3. The van der Waals surface area contributed by atoms with Gasteiger partial charge in [-0.15, -0.1) is 12.4 Å². The van der Waals surface area contributed by atoms with Gasteiger partial charge >= 0.3 is 0 Å². The smallest absolute Gasteiger partial charge is 0.211 e. The highest BCUT2D eigenvalue weighted by Crippen LogP contribution is 2.32. The molecule has 0 aliphatic heterocycles. The zero-order valence-electron chi connectivity index (χ0n) is 8.65. The van der Waals surface area contributed by atoms with Gasteiger partial charge in [0.25, 0.3) is 0 Å². The third-order valence-electron chi connectivity index (χ3n) is 3.28. The van der Waals surface area contributed by atoms with E-state index in [0.717, 1.165) is 11.7 Å². The highest BCUT2D eigenvalue weighted by molar-refractivity contribution is 5.85. The number of imidazole rings is 2. The van der Waals surface area contributed by atoms with Crippen LogP contribution in [0.2, 0.25) is 0 Å². The van der Waals surface area contributed by atoms with Crippen molar-refractivity contribution in [3.8, 4) is 0 Å². The van der Waals surface area contributed by atoms with Crippen LogP contribution in [-0.2, 0) is 0 Å². The Balaban J connectivity index is 0.000000853. The maximum atomic E-state index is 4.36. The summed E-state index contributed by atoms with van der Waals surface area (Å²) >= 11 is 0. The lowest BCUT2D eigenvalue weighted by Gasteiger charge is -2.20. The molecule has 0 spiro atoms. The summed E-state index contributed by atoms with van der Waals surface area (Å²) < 4.78 is 2.19. The Morgan fingerprint density at radius 2 is 2.07 bits per heavy atom. The predicted octanol–water partition coefficient (Wildman–Crippen LogP) is 3.13. The maximum absolute atomic E-state index is 4.36. The molecule has 2 aromatic rings. The predicted molar refractivity (Wildman–Crippen MR) is 62.6 cm³/mol. The molecule has 4 heteroatoms. The first kappa shape index (κ1) is 10.6. The van der Waals surface area contributed by atoms with Gasteiger partial charge in [-0.2, -0.15) is 0 Å². The van der Waals surface area contributed by atoms with Crippen LogP contribution in [0.3, 0.4) is 0 Å². The van der Waals surface area contributed by atoms with Gasteiger partial charge in [0, 0.05) is 24.0 Å². The fourth-order valence-electron chi connectivity index (χ4n) is 2.52. The third-order valence-corrected chi connectivity index (χ3v) is 3.28. The molecule has 0 bridgehead atoms. The molecular formula is C11H16ClN3. The zero-order chi connectivity index (χ0) is 9.38. The van der Waals surface area contributed by atoms with E-state index in [2.05, 4.69) is 20.6 Å². The number of hydrogen-bond acceptors (Lipinski definition) is 1. The van der Waals surface area contributed by atoms with Crippen LogP contribution in [0, 0.1) is 0 Å². The molecule has 1 aliphatic carbocycles. The molecule has 15 heavy (non-hydrogen) atoms. The molecule has 0 aromatic carbocycles. The van der Waals surface area contributed by atoms with Crippen molar-refractivity contribution in [3.63, 3.8) is 0 Å². The number of halogens is 1. The Morgan fingerprint density at radius 1 is 1.27 bits per heavy atom. The highest BCUT2D eigenvalue weighted by atomic mass is 35.5. The highest BCUT2D eigenvalue weighted by Gasteiger charge is 2.18. The summed E-state index contributed by atoms with van der Waals surface area (Å²) in [5.74, 6) is 1.71. The van der Waals surface area contributed by atoms with Gasteiger partial charge in [0.05, 0.1) is 6.20 Å². The number of nitrogens with one attached hydrogen (secondary N) is 1. The van der Waals surface area contributed by atoms with Crippen molar-refractivity contribution in [2.24, 2.45) is 0 Å². The Morgan fingerprint density at radius 3 is 2.87 bits per heavy atom. The summed E-state index contributed by atoms with van der Waals surface area (Å²) in [5, 5.41) is 0. The number of H-pyrrole nitrogens is 1.